The molecule has 1 amide bonds. The van der Waals surface area contributed by atoms with Crippen LogP contribution in [0.1, 0.15) is 10.4 Å². The number of hydrogen-bond acceptors (Lipinski definition) is 3. The average molecular weight is 333 g/mol. The smallest absolute Gasteiger partial charge is 0.258 e. The highest BCUT2D eigenvalue weighted by Gasteiger charge is 2.12. The molecule has 0 aliphatic rings. The molecule has 0 saturated heterocycles. The van der Waals surface area contributed by atoms with Gasteiger partial charge in [-0.2, -0.15) is 0 Å². The van der Waals surface area contributed by atoms with E-state index >= 15 is 0 Å². The van der Waals surface area contributed by atoms with E-state index in [0.717, 1.165) is 0 Å². The van der Waals surface area contributed by atoms with Gasteiger partial charge in [0.05, 0.1) is 16.3 Å². The molecule has 0 fully saturated rings. The third kappa shape index (κ3) is 3.16. The van der Waals surface area contributed by atoms with Crippen molar-refractivity contribution in [3.05, 3.63) is 70.3 Å². The largest absolute Gasteiger partial charge is 0.298 e. The summed E-state index contributed by atoms with van der Waals surface area (Å²) in [6.07, 6.45) is 0. The number of nitrogens with zero attached hydrogens (tertiary/aromatic N) is 1. The van der Waals surface area contributed by atoms with Gasteiger partial charge in [0, 0.05) is 10.9 Å². The molecule has 0 saturated carbocycles. The van der Waals surface area contributed by atoms with Crippen LogP contribution >= 0.6 is 22.9 Å². The summed E-state index contributed by atoms with van der Waals surface area (Å²) in [5.41, 5.74) is 1.65. The first kappa shape index (κ1) is 14.7. The summed E-state index contributed by atoms with van der Waals surface area (Å²) in [5, 5.41) is 5.27. The van der Waals surface area contributed by atoms with E-state index in [2.05, 4.69) is 10.3 Å². The van der Waals surface area contributed by atoms with E-state index < -0.39 is 0 Å². The zero-order chi connectivity index (χ0) is 15.5. The average Bonchev–Trinajstić information content (AvgIpc) is 2.96. The molecule has 1 heterocycles. The van der Waals surface area contributed by atoms with Gasteiger partial charge >= 0.3 is 0 Å². The molecule has 0 unspecified atom stereocenters. The normalized spacial score (nSPS) is 10.5. The van der Waals surface area contributed by atoms with Crippen LogP contribution in [0.2, 0.25) is 5.02 Å². The molecule has 3 nitrogen and oxygen atoms in total. The number of hydrogen-bond donors (Lipinski definition) is 1. The summed E-state index contributed by atoms with van der Waals surface area (Å²) < 4.78 is 13.2. The summed E-state index contributed by atoms with van der Waals surface area (Å²) >= 11 is 7.25. The zero-order valence-electron chi connectivity index (χ0n) is 11.2. The lowest BCUT2D eigenvalue weighted by Crippen LogP contribution is -2.12. The van der Waals surface area contributed by atoms with Crippen LogP contribution in [0.15, 0.2) is 53.9 Å². The van der Waals surface area contributed by atoms with Crippen LogP contribution in [0.25, 0.3) is 11.3 Å². The predicted molar refractivity (Wildman–Crippen MR) is 86.9 cm³/mol. The zero-order valence-corrected chi connectivity index (χ0v) is 12.8. The number of aromatic nitrogens is 1. The molecular weight excluding hydrogens is 323 g/mol. The van der Waals surface area contributed by atoms with Gasteiger partial charge in [0.15, 0.2) is 5.13 Å². The van der Waals surface area contributed by atoms with Gasteiger partial charge in [-0.3, -0.25) is 10.1 Å². The molecule has 3 rings (SSSR count). The highest BCUT2D eigenvalue weighted by Crippen LogP contribution is 2.26. The second-order valence-electron chi connectivity index (χ2n) is 4.48. The lowest BCUT2D eigenvalue weighted by Gasteiger charge is -2.03. The van der Waals surface area contributed by atoms with E-state index in [1.165, 1.54) is 23.5 Å². The topological polar surface area (TPSA) is 42.0 Å². The number of thiazole rings is 1. The fourth-order valence-electron chi connectivity index (χ4n) is 1.92. The van der Waals surface area contributed by atoms with Gasteiger partial charge in [-0.1, -0.05) is 35.9 Å². The van der Waals surface area contributed by atoms with Gasteiger partial charge < -0.3 is 0 Å². The molecule has 0 aliphatic carbocycles. The van der Waals surface area contributed by atoms with E-state index in [-0.39, 0.29) is 11.7 Å². The molecule has 0 radical (unpaired) electrons. The molecule has 0 atom stereocenters. The van der Waals surface area contributed by atoms with E-state index in [0.29, 0.717) is 27.0 Å². The molecule has 1 N–H and O–H groups in total. The Morgan fingerprint density at radius 3 is 2.77 bits per heavy atom. The van der Waals surface area contributed by atoms with Crippen molar-refractivity contribution < 1.29 is 9.18 Å². The Morgan fingerprint density at radius 2 is 2.00 bits per heavy atom. The first-order valence-corrected chi connectivity index (χ1v) is 7.66. The minimum Gasteiger partial charge on any atom is -0.298 e. The van der Waals surface area contributed by atoms with Crippen molar-refractivity contribution in [1.82, 2.24) is 4.98 Å². The van der Waals surface area contributed by atoms with Crippen molar-refractivity contribution >= 4 is 34.0 Å². The molecule has 22 heavy (non-hydrogen) atoms. The third-order valence-corrected chi connectivity index (χ3v) is 4.05. The number of anilines is 1. The number of nitrogens with one attached hydrogen (secondary N) is 1. The Balaban J connectivity index is 1.80. The van der Waals surface area contributed by atoms with Crippen LogP contribution in [-0.4, -0.2) is 10.9 Å². The maximum absolute atomic E-state index is 13.2. The van der Waals surface area contributed by atoms with Crippen molar-refractivity contribution in [2.24, 2.45) is 0 Å². The monoisotopic (exact) mass is 332 g/mol. The van der Waals surface area contributed by atoms with E-state index in [1.54, 1.807) is 41.8 Å². The van der Waals surface area contributed by atoms with Crippen molar-refractivity contribution in [3.8, 4) is 11.3 Å². The Bertz CT molecular complexity index is 834. The maximum Gasteiger partial charge on any atom is 0.258 e. The van der Waals surface area contributed by atoms with Crippen LogP contribution in [0, 0.1) is 5.82 Å². The van der Waals surface area contributed by atoms with Gasteiger partial charge in [-0.15, -0.1) is 11.3 Å². The SMILES string of the molecule is O=C(Nc1nc(-c2cccc(F)c2)cs1)c1ccccc1Cl. The first-order chi connectivity index (χ1) is 10.6. The summed E-state index contributed by atoms with van der Waals surface area (Å²) in [7, 11) is 0. The summed E-state index contributed by atoms with van der Waals surface area (Å²) in [4.78, 5) is 16.4. The van der Waals surface area contributed by atoms with Crippen molar-refractivity contribution in [3.63, 3.8) is 0 Å². The summed E-state index contributed by atoms with van der Waals surface area (Å²) in [6, 6.07) is 12.9. The number of carbonyl (C=O) groups excluding carboxylic acids is 1. The quantitative estimate of drug-likeness (QED) is 0.744. The standard InChI is InChI=1S/C16H10ClFN2OS/c17-13-7-2-1-6-12(13)15(21)20-16-19-14(9-22-16)10-4-3-5-11(18)8-10/h1-9H,(H,19,20,21). The molecule has 3 aromatic rings. The van der Waals surface area contributed by atoms with Crippen molar-refractivity contribution in [2.45, 2.75) is 0 Å². The van der Waals surface area contributed by atoms with Crippen molar-refractivity contribution in [2.75, 3.05) is 5.32 Å². The summed E-state index contributed by atoms with van der Waals surface area (Å²) in [5.74, 6) is -0.655. The van der Waals surface area contributed by atoms with Crippen molar-refractivity contribution in [1.29, 1.82) is 0 Å². The molecular formula is C16H10ClFN2OS. The number of amides is 1. The lowest BCUT2D eigenvalue weighted by atomic mass is 10.2. The van der Waals surface area contributed by atoms with Crippen LogP contribution < -0.4 is 5.32 Å². The predicted octanol–water partition coefficient (Wildman–Crippen LogP) is 4.85. The highest BCUT2D eigenvalue weighted by atomic mass is 35.5. The Labute approximate surface area is 135 Å². The number of rotatable bonds is 3. The molecule has 0 aliphatic heterocycles. The minimum atomic E-state index is -0.328. The third-order valence-electron chi connectivity index (χ3n) is 2.96. The van der Waals surface area contributed by atoms with Gasteiger partial charge in [0.1, 0.15) is 5.82 Å². The van der Waals surface area contributed by atoms with Crippen LogP contribution in [-0.2, 0) is 0 Å². The molecule has 2 aromatic carbocycles. The Kier molecular flexibility index (Phi) is 4.18. The van der Waals surface area contributed by atoms with Gasteiger partial charge in [-0.05, 0) is 24.3 Å². The Morgan fingerprint density at radius 1 is 1.18 bits per heavy atom. The molecule has 1 aromatic heterocycles. The fraction of sp³-hybridized carbons (Fsp3) is 0. The first-order valence-electron chi connectivity index (χ1n) is 6.41. The van der Waals surface area contributed by atoms with Crippen LogP contribution in [0.3, 0.4) is 0 Å². The summed E-state index contributed by atoms with van der Waals surface area (Å²) in [6.45, 7) is 0. The number of benzene rings is 2. The molecule has 6 heteroatoms. The Hall–Kier alpha value is -2.24. The molecule has 110 valence electrons. The highest BCUT2D eigenvalue weighted by molar-refractivity contribution is 7.14. The minimum absolute atomic E-state index is 0.327. The fourth-order valence-corrected chi connectivity index (χ4v) is 2.86. The molecule has 0 bridgehead atoms. The van der Waals surface area contributed by atoms with E-state index in [1.807, 2.05) is 0 Å². The second-order valence-corrected chi connectivity index (χ2v) is 5.75. The van der Waals surface area contributed by atoms with E-state index in [4.69, 9.17) is 11.6 Å². The maximum atomic E-state index is 13.2. The van der Waals surface area contributed by atoms with Gasteiger partial charge in [-0.25, -0.2) is 9.37 Å². The number of halogens is 2. The number of carbonyl (C=O) groups is 1. The van der Waals surface area contributed by atoms with Crippen LogP contribution in [0.4, 0.5) is 9.52 Å². The van der Waals surface area contributed by atoms with E-state index in [9.17, 15) is 9.18 Å². The second kappa shape index (κ2) is 6.25. The van der Waals surface area contributed by atoms with Crippen LogP contribution in [0.5, 0.6) is 0 Å². The van der Waals surface area contributed by atoms with Gasteiger partial charge in [0.25, 0.3) is 5.91 Å². The molecule has 0 spiro atoms. The lowest BCUT2D eigenvalue weighted by molar-refractivity contribution is 0.102. The van der Waals surface area contributed by atoms with Gasteiger partial charge in [0.2, 0.25) is 0 Å².